The molecule has 3 nitrogen and oxygen atoms in total. The van der Waals surface area contributed by atoms with Crippen LogP contribution in [0.5, 0.6) is 0 Å². The lowest BCUT2D eigenvalue weighted by Gasteiger charge is -2.25. The van der Waals surface area contributed by atoms with Gasteiger partial charge in [-0.2, -0.15) is 0 Å². The summed E-state index contributed by atoms with van der Waals surface area (Å²) in [6.07, 6.45) is 7.74. The quantitative estimate of drug-likeness (QED) is 0.833. The maximum absolute atomic E-state index is 5.82. The predicted molar refractivity (Wildman–Crippen MR) is 80.8 cm³/mol. The fourth-order valence-corrected chi connectivity index (χ4v) is 3.55. The van der Waals surface area contributed by atoms with Crippen LogP contribution >= 0.6 is 11.3 Å². The first kappa shape index (κ1) is 14.9. The molecule has 108 valence electrons. The molecular formula is C15H26N2OS. The van der Waals surface area contributed by atoms with Crippen LogP contribution in [-0.4, -0.2) is 30.3 Å². The Morgan fingerprint density at radius 2 is 2.42 bits per heavy atom. The van der Waals surface area contributed by atoms with E-state index in [1.165, 1.54) is 37.1 Å². The van der Waals surface area contributed by atoms with E-state index in [1.807, 2.05) is 0 Å². The van der Waals surface area contributed by atoms with Crippen LogP contribution in [0.15, 0.2) is 5.38 Å². The van der Waals surface area contributed by atoms with Crippen LogP contribution in [0.25, 0.3) is 0 Å². The molecule has 1 saturated heterocycles. The van der Waals surface area contributed by atoms with E-state index in [0.717, 1.165) is 25.3 Å². The summed E-state index contributed by atoms with van der Waals surface area (Å²) in [5, 5.41) is 6.99. The van der Waals surface area contributed by atoms with Crippen molar-refractivity contribution in [2.24, 2.45) is 0 Å². The first-order valence-electron chi connectivity index (χ1n) is 7.54. The Balaban J connectivity index is 1.78. The predicted octanol–water partition coefficient (Wildman–Crippen LogP) is 3.32. The fraction of sp³-hybridized carbons (Fsp3) is 0.800. The van der Waals surface area contributed by atoms with Crippen LogP contribution in [0.1, 0.15) is 49.7 Å². The topological polar surface area (TPSA) is 34.1 Å². The van der Waals surface area contributed by atoms with Crippen LogP contribution in [0.2, 0.25) is 0 Å². The number of hydrogen-bond donors (Lipinski definition) is 1. The number of nitrogens with one attached hydrogen (secondary N) is 1. The number of likely N-dealkylation sites (N-methyl/N-ethyl adjacent to an activating group) is 1. The van der Waals surface area contributed by atoms with E-state index < -0.39 is 0 Å². The Morgan fingerprint density at radius 3 is 3.05 bits per heavy atom. The smallest absolute Gasteiger partial charge is 0.0943 e. The number of aromatic nitrogens is 1. The summed E-state index contributed by atoms with van der Waals surface area (Å²) in [7, 11) is 0. The molecule has 2 atom stereocenters. The molecule has 1 aliphatic rings. The summed E-state index contributed by atoms with van der Waals surface area (Å²) >= 11 is 1.78. The normalized spacial score (nSPS) is 21.5. The number of nitrogens with zero attached hydrogens (tertiary/aromatic N) is 1. The van der Waals surface area contributed by atoms with E-state index in [9.17, 15) is 0 Å². The lowest BCUT2D eigenvalue weighted by atomic mass is 10.00. The minimum Gasteiger partial charge on any atom is -0.378 e. The molecule has 0 aliphatic carbocycles. The van der Waals surface area contributed by atoms with Crippen molar-refractivity contribution in [1.29, 1.82) is 0 Å². The van der Waals surface area contributed by atoms with Gasteiger partial charge in [0.1, 0.15) is 0 Å². The average molecular weight is 282 g/mol. The zero-order chi connectivity index (χ0) is 13.5. The third kappa shape index (κ3) is 5.21. The van der Waals surface area contributed by atoms with Crippen molar-refractivity contribution >= 4 is 11.3 Å². The Morgan fingerprint density at radius 1 is 1.53 bits per heavy atom. The summed E-state index contributed by atoms with van der Waals surface area (Å²) in [6, 6.07) is 0.543. The Bertz CT molecular complexity index is 361. The molecule has 0 radical (unpaired) electrons. The van der Waals surface area contributed by atoms with Crippen LogP contribution in [0.3, 0.4) is 0 Å². The second-order valence-corrected chi connectivity index (χ2v) is 6.35. The second-order valence-electron chi connectivity index (χ2n) is 5.41. The maximum Gasteiger partial charge on any atom is 0.0943 e. The molecule has 0 aromatic carbocycles. The first-order chi connectivity index (χ1) is 9.28. The van der Waals surface area contributed by atoms with E-state index in [0.29, 0.717) is 12.1 Å². The van der Waals surface area contributed by atoms with Gasteiger partial charge in [0, 0.05) is 30.1 Å². The summed E-state index contributed by atoms with van der Waals surface area (Å²) in [5.41, 5.74) is 1.14. The van der Waals surface area contributed by atoms with Crippen LogP contribution in [0.4, 0.5) is 0 Å². The summed E-state index contributed by atoms with van der Waals surface area (Å²) in [5.74, 6) is 0. The molecule has 0 spiro atoms. The molecule has 1 aromatic rings. The third-order valence-electron chi connectivity index (χ3n) is 3.69. The zero-order valence-corrected chi connectivity index (χ0v) is 13.0. The number of hydrogen-bond acceptors (Lipinski definition) is 4. The molecule has 1 N–H and O–H groups in total. The summed E-state index contributed by atoms with van der Waals surface area (Å²) in [6.45, 7) is 6.23. The van der Waals surface area contributed by atoms with Crippen molar-refractivity contribution in [1.82, 2.24) is 10.3 Å². The van der Waals surface area contributed by atoms with E-state index in [-0.39, 0.29) is 0 Å². The molecule has 0 saturated carbocycles. The molecule has 0 amide bonds. The standard InChI is InChI=1S/C15H26N2OS/c1-3-16-13(10-15-17-12(2)11-19-15)7-8-14-6-4-5-9-18-14/h11,13-14,16H,3-10H2,1-2H3. The first-order valence-corrected chi connectivity index (χ1v) is 8.42. The molecule has 2 heterocycles. The monoisotopic (exact) mass is 282 g/mol. The molecule has 1 fully saturated rings. The van der Waals surface area contributed by atoms with Gasteiger partial charge in [0.2, 0.25) is 0 Å². The lowest BCUT2D eigenvalue weighted by Crippen LogP contribution is -2.32. The summed E-state index contributed by atoms with van der Waals surface area (Å²) < 4.78 is 5.82. The average Bonchev–Trinajstić information content (AvgIpc) is 2.83. The summed E-state index contributed by atoms with van der Waals surface area (Å²) in [4.78, 5) is 4.57. The Labute approximate surface area is 120 Å². The van der Waals surface area contributed by atoms with Crippen molar-refractivity contribution < 1.29 is 4.74 Å². The van der Waals surface area contributed by atoms with E-state index >= 15 is 0 Å². The number of rotatable bonds is 7. The van der Waals surface area contributed by atoms with Crippen LogP contribution < -0.4 is 5.32 Å². The van der Waals surface area contributed by atoms with Gasteiger partial charge in [0.15, 0.2) is 0 Å². The molecule has 2 unspecified atom stereocenters. The Hall–Kier alpha value is -0.450. The van der Waals surface area contributed by atoms with Gasteiger partial charge in [-0.25, -0.2) is 4.98 Å². The minimum absolute atomic E-state index is 0.493. The van der Waals surface area contributed by atoms with Crippen molar-refractivity contribution in [3.05, 3.63) is 16.1 Å². The molecule has 0 bridgehead atoms. The minimum atomic E-state index is 0.493. The van der Waals surface area contributed by atoms with Crippen molar-refractivity contribution in [2.75, 3.05) is 13.2 Å². The van der Waals surface area contributed by atoms with Gasteiger partial charge in [-0.15, -0.1) is 11.3 Å². The zero-order valence-electron chi connectivity index (χ0n) is 12.2. The highest BCUT2D eigenvalue weighted by molar-refractivity contribution is 7.09. The molecule has 1 aliphatic heterocycles. The lowest BCUT2D eigenvalue weighted by molar-refractivity contribution is 0.00860. The third-order valence-corrected chi connectivity index (χ3v) is 4.68. The number of thiazole rings is 1. The van der Waals surface area contributed by atoms with E-state index in [2.05, 4.69) is 29.5 Å². The van der Waals surface area contributed by atoms with E-state index in [4.69, 9.17) is 4.74 Å². The van der Waals surface area contributed by atoms with Crippen molar-refractivity contribution in [3.8, 4) is 0 Å². The molecule has 1 aromatic heterocycles. The van der Waals surface area contributed by atoms with Gasteiger partial charge >= 0.3 is 0 Å². The van der Waals surface area contributed by atoms with Crippen LogP contribution in [0, 0.1) is 6.92 Å². The molecular weight excluding hydrogens is 256 g/mol. The molecule has 19 heavy (non-hydrogen) atoms. The second kappa shape index (κ2) is 7.98. The molecule has 2 rings (SSSR count). The largest absolute Gasteiger partial charge is 0.378 e. The SMILES string of the molecule is CCNC(CCC1CCCCO1)Cc1nc(C)cs1. The van der Waals surface area contributed by atoms with Gasteiger partial charge in [-0.05, 0) is 45.6 Å². The van der Waals surface area contributed by atoms with Gasteiger partial charge in [0.05, 0.1) is 11.1 Å². The highest BCUT2D eigenvalue weighted by atomic mass is 32.1. The Kier molecular flexibility index (Phi) is 6.28. The maximum atomic E-state index is 5.82. The van der Waals surface area contributed by atoms with Crippen molar-refractivity contribution in [3.63, 3.8) is 0 Å². The van der Waals surface area contributed by atoms with Gasteiger partial charge < -0.3 is 10.1 Å². The molecule has 4 heteroatoms. The fourth-order valence-electron chi connectivity index (χ4n) is 2.69. The number of ether oxygens (including phenoxy) is 1. The van der Waals surface area contributed by atoms with Gasteiger partial charge in [-0.1, -0.05) is 6.92 Å². The van der Waals surface area contributed by atoms with E-state index in [1.54, 1.807) is 11.3 Å². The van der Waals surface area contributed by atoms with Crippen LogP contribution in [-0.2, 0) is 11.2 Å². The van der Waals surface area contributed by atoms with Gasteiger partial charge in [0.25, 0.3) is 0 Å². The number of aryl methyl sites for hydroxylation is 1. The van der Waals surface area contributed by atoms with Crippen molar-refractivity contribution in [2.45, 2.75) is 64.5 Å². The highest BCUT2D eigenvalue weighted by Crippen LogP contribution is 2.19. The highest BCUT2D eigenvalue weighted by Gasteiger charge is 2.17. The van der Waals surface area contributed by atoms with Gasteiger partial charge in [-0.3, -0.25) is 0 Å².